The Morgan fingerprint density at radius 1 is 0.652 bits per heavy atom. The summed E-state index contributed by atoms with van der Waals surface area (Å²) in [6.07, 6.45) is 2.59. The lowest BCUT2D eigenvalue weighted by Gasteiger charge is -2.23. The highest BCUT2D eigenvalue weighted by atomic mass is 32.2. The highest BCUT2D eigenvalue weighted by Crippen LogP contribution is 2.39. The van der Waals surface area contributed by atoms with E-state index in [9.17, 15) is 25.9 Å². The van der Waals surface area contributed by atoms with Crippen molar-refractivity contribution in [2.24, 2.45) is 0 Å². The normalized spacial score (nSPS) is 13.3. The number of benzene rings is 5. The van der Waals surface area contributed by atoms with Crippen molar-refractivity contribution in [2.45, 2.75) is 43.9 Å². The zero-order valence-electron chi connectivity index (χ0n) is 25.7. The quantitative estimate of drug-likeness (QED) is 0.206. The van der Waals surface area contributed by atoms with Gasteiger partial charge in [0.25, 0.3) is 20.2 Å². The molecule has 0 spiro atoms. The van der Waals surface area contributed by atoms with Gasteiger partial charge in [-0.3, -0.25) is 9.11 Å². The third kappa shape index (κ3) is 6.02. The van der Waals surface area contributed by atoms with Gasteiger partial charge in [-0.05, 0) is 121 Å². The van der Waals surface area contributed by atoms with E-state index in [2.05, 4.69) is 26.0 Å². The van der Waals surface area contributed by atoms with Gasteiger partial charge in [0, 0.05) is 21.9 Å². The van der Waals surface area contributed by atoms with Gasteiger partial charge in [0.2, 0.25) is 0 Å². The Balaban J connectivity index is 1.57. The molecule has 1 heterocycles. The third-order valence-electron chi connectivity index (χ3n) is 8.45. The number of fused-ring (bicyclic) bond motifs is 2. The van der Waals surface area contributed by atoms with E-state index in [1.165, 1.54) is 34.9 Å². The molecule has 0 unspecified atom stereocenters. The van der Waals surface area contributed by atoms with E-state index in [1.54, 1.807) is 32.0 Å². The fourth-order valence-electron chi connectivity index (χ4n) is 6.15. The van der Waals surface area contributed by atoms with Crippen molar-refractivity contribution in [3.8, 4) is 11.5 Å². The lowest BCUT2D eigenvalue weighted by atomic mass is 9.90. The molecule has 5 aromatic carbocycles. The molecule has 0 saturated heterocycles. The summed E-state index contributed by atoms with van der Waals surface area (Å²) in [4.78, 5) is -0.373. The van der Waals surface area contributed by atoms with Crippen LogP contribution in [0.3, 0.4) is 0 Å². The first-order valence-electron chi connectivity index (χ1n) is 14.6. The maximum absolute atomic E-state index is 12.5. The number of hydrogen-bond donors (Lipinski definition) is 2. The van der Waals surface area contributed by atoms with Gasteiger partial charge in [-0.2, -0.15) is 16.8 Å². The highest BCUT2D eigenvalue weighted by Gasteiger charge is 2.26. The molecule has 0 bridgehead atoms. The van der Waals surface area contributed by atoms with Gasteiger partial charge in [0.15, 0.2) is 0 Å². The van der Waals surface area contributed by atoms with Crippen molar-refractivity contribution in [3.05, 3.63) is 152 Å². The standard InChI is InChI=1S/C37H32O7S2/c1-22-8-7-9-23(2)32(22)18-26-12-14-29-34(20-26)44-35-21-27(19-33-24(3)16-28(17-25(33)4)45(38,39)40)13-15-30(35)37(29)31-10-5-6-11-36(31)46(41,42)43/h5-17,19-21H,18H2,1-4H3,(H,38,39,40)(H,41,42,43)/b27-19+. The molecular weight excluding hydrogens is 621 g/mol. The van der Waals surface area contributed by atoms with Crippen LogP contribution in [0.15, 0.2) is 101 Å². The first-order chi connectivity index (χ1) is 21.7. The van der Waals surface area contributed by atoms with E-state index in [4.69, 9.17) is 4.74 Å². The van der Waals surface area contributed by atoms with Crippen LogP contribution in [0.2, 0.25) is 0 Å². The summed E-state index contributed by atoms with van der Waals surface area (Å²) in [6.45, 7) is 7.72. The van der Waals surface area contributed by atoms with Gasteiger partial charge >= 0.3 is 0 Å². The Hall–Kier alpha value is -4.54. The fourth-order valence-corrected chi connectivity index (χ4v) is 7.50. The fraction of sp³-hybridized carbons (Fsp3) is 0.135. The van der Waals surface area contributed by atoms with E-state index < -0.39 is 20.2 Å². The maximum Gasteiger partial charge on any atom is 0.295 e. The van der Waals surface area contributed by atoms with E-state index in [1.807, 2.05) is 48.5 Å². The van der Waals surface area contributed by atoms with Crippen molar-refractivity contribution in [1.82, 2.24) is 0 Å². The molecule has 6 rings (SSSR count). The number of aryl methyl sites for hydroxylation is 4. The van der Waals surface area contributed by atoms with Crippen molar-refractivity contribution >= 4 is 31.9 Å². The summed E-state index contributed by atoms with van der Waals surface area (Å²) in [5, 5.41) is 1.42. The van der Waals surface area contributed by atoms with Crippen LogP contribution in [0.4, 0.5) is 0 Å². The molecule has 1 aliphatic heterocycles. The Bertz CT molecular complexity index is 2370. The average Bonchev–Trinajstić information content (AvgIpc) is 2.98. The van der Waals surface area contributed by atoms with Crippen LogP contribution in [-0.4, -0.2) is 25.9 Å². The molecule has 0 aliphatic carbocycles. The Labute approximate surface area is 268 Å². The zero-order valence-corrected chi connectivity index (χ0v) is 27.3. The number of hydrogen-bond acceptors (Lipinski definition) is 5. The lowest BCUT2D eigenvalue weighted by molar-refractivity contribution is 0.470. The Morgan fingerprint density at radius 2 is 1.33 bits per heavy atom. The molecule has 0 saturated carbocycles. The van der Waals surface area contributed by atoms with Crippen LogP contribution in [0.5, 0.6) is 11.5 Å². The lowest BCUT2D eigenvalue weighted by Crippen LogP contribution is -2.21. The largest absolute Gasteiger partial charge is 0.456 e. The Kier molecular flexibility index (Phi) is 7.98. The summed E-state index contributed by atoms with van der Waals surface area (Å²) >= 11 is 0. The summed E-state index contributed by atoms with van der Waals surface area (Å²) in [5.41, 5.74) is 8.41. The van der Waals surface area contributed by atoms with Crippen molar-refractivity contribution < 1.29 is 30.7 Å². The average molecular weight is 653 g/mol. The summed E-state index contributed by atoms with van der Waals surface area (Å²) in [6, 6.07) is 26.9. The van der Waals surface area contributed by atoms with E-state index in [-0.39, 0.29) is 9.79 Å². The first kappa shape index (κ1) is 31.4. The summed E-state index contributed by atoms with van der Waals surface area (Å²) in [7, 11) is -8.90. The van der Waals surface area contributed by atoms with E-state index >= 15 is 0 Å². The Morgan fingerprint density at radius 3 is 1.98 bits per heavy atom. The summed E-state index contributed by atoms with van der Waals surface area (Å²) < 4.78 is 74.7. The van der Waals surface area contributed by atoms with Crippen molar-refractivity contribution in [1.29, 1.82) is 0 Å². The number of ether oxygens (including phenoxy) is 1. The molecule has 46 heavy (non-hydrogen) atoms. The molecule has 0 radical (unpaired) electrons. The molecule has 2 N–H and O–H groups in total. The molecule has 0 amide bonds. The molecule has 7 nitrogen and oxygen atoms in total. The SMILES string of the molecule is Cc1cc(S(=O)(=O)O)cc(C)c1/C=c1\ccc2c(c1)Oc1cc(Cc3c(C)cccc3C)ccc1C=2c1ccccc1S(=O)(=O)O. The molecule has 9 heteroatoms. The molecule has 234 valence electrons. The van der Waals surface area contributed by atoms with Crippen LogP contribution in [0.25, 0.3) is 11.6 Å². The van der Waals surface area contributed by atoms with Gasteiger partial charge < -0.3 is 4.74 Å². The third-order valence-corrected chi connectivity index (χ3v) is 10.2. The maximum atomic E-state index is 12.5. The van der Waals surface area contributed by atoms with Gasteiger partial charge in [-0.1, -0.05) is 54.6 Å². The van der Waals surface area contributed by atoms with E-state index in [0.717, 1.165) is 16.3 Å². The topological polar surface area (TPSA) is 118 Å². The molecule has 0 aromatic heterocycles. The van der Waals surface area contributed by atoms with Crippen LogP contribution < -0.4 is 15.2 Å². The zero-order chi connectivity index (χ0) is 33.0. The molecular formula is C37H32O7S2. The molecule has 0 fully saturated rings. The summed E-state index contributed by atoms with van der Waals surface area (Å²) in [5.74, 6) is 1.05. The van der Waals surface area contributed by atoms with Crippen LogP contribution in [0, 0.1) is 27.7 Å². The minimum Gasteiger partial charge on any atom is -0.456 e. The minimum atomic E-state index is -4.55. The van der Waals surface area contributed by atoms with Crippen molar-refractivity contribution in [2.75, 3.05) is 0 Å². The van der Waals surface area contributed by atoms with Crippen molar-refractivity contribution in [3.63, 3.8) is 0 Å². The van der Waals surface area contributed by atoms with E-state index in [0.29, 0.717) is 51.0 Å². The van der Waals surface area contributed by atoms with Crippen LogP contribution >= 0.6 is 0 Å². The second-order valence-corrected chi connectivity index (χ2v) is 14.5. The number of rotatable bonds is 6. The van der Waals surface area contributed by atoms with Gasteiger partial charge in [0.1, 0.15) is 16.4 Å². The van der Waals surface area contributed by atoms with Crippen LogP contribution in [0.1, 0.15) is 50.1 Å². The second kappa shape index (κ2) is 11.7. The predicted molar refractivity (Wildman–Crippen MR) is 178 cm³/mol. The van der Waals surface area contributed by atoms with Gasteiger partial charge in [-0.15, -0.1) is 0 Å². The van der Waals surface area contributed by atoms with Crippen LogP contribution in [-0.2, 0) is 26.7 Å². The molecule has 5 aromatic rings. The highest BCUT2D eigenvalue weighted by molar-refractivity contribution is 7.86. The first-order valence-corrected chi connectivity index (χ1v) is 17.5. The monoisotopic (exact) mass is 652 g/mol. The predicted octanol–water partition coefficient (Wildman–Crippen LogP) is 6.19. The second-order valence-electron chi connectivity index (χ2n) is 11.7. The molecule has 1 aliphatic rings. The smallest absolute Gasteiger partial charge is 0.295 e. The van der Waals surface area contributed by atoms with Gasteiger partial charge in [0.05, 0.1) is 4.90 Å². The van der Waals surface area contributed by atoms with Gasteiger partial charge in [-0.25, -0.2) is 0 Å². The molecule has 0 atom stereocenters. The minimum absolute atomic E-state index is 0.168.